The highest BCUT2D eigenvalue weighted by Gasteiger charge is 2.23. The van der Waals surface area contributed by atoms with E-state index in [1.165, 1.54) is 13.5 Å². The first-order valence-electron chi connectivity index (χ1n) is 8.70. The molecule has 1 aliphatic heterocycles. The molecule has 2 heterocycles. The topological polar surface area (TPSA) is 74.4 Å². The molecule has 1 amide bonds. The number of aryl methyl sites for hydroxylation is 1. The number of nitrogens with one attached hydrogen (secondary N) is 2. The predicted octanol–water partition coefficient (Wildman–Crippen LogP) is 2.93. The molecule has 1 aliphatic rings. The minimum atomic E-state index is -0.490. The lowest BCUT2D eigenvalue weighted by Crippen LogP contribution is -2.39. The van der Waals surface area contributed by atoms with Gasteiger partial charge in [0.05, 0.1) is 19.3 Å². The summed E-state index contributed by atoms with van der Waals surface area (Å²) < 4.78 is 4.85. The van der Waals surface area contributed by atoms with Crippen LogP contribution in [0.3, 0.4) is 0 Å². The number of ether oxygens (including phenoxy) is 1. The van der Waals surface area contributed by atoms with Crippen LogP contribution in [0, 0.1) is 12.8 Å². The van der Waals surface area contributed by atoms with E-state index in [0.717, 1.165) is 36.0 Å². The lowest BCUT2D eigenvalue weighted by atomic mass is 10.0. The van der Waals surface area contributed by atoms with Gasteiger partial charge >= 0.3 is 5.97 Å². The van der Waals surface area contributed by atoms with E-state index >= 15 is 0 Å². The zero-order chi connectivity index (χ0) is 18.0. The summed E-state index contributed by atoms with van der Waals surface area (Å²) in [5.41, 5.74) is 2.64. The largest absolute Gasteiger partial charge is 0.464 e. The Morgan fingerprint density at radius 3 is 2.92 bits per heavy atom. The van der Waals surface area contributed by atoms with Crippen molar-refractivity contribution in [1.82, 2.24) is 9.88 Å². The molecular formula is C19H25N3O3. The van der Waals surface area contributed by atoms with Crippen molar-refractivity contribution in [2.45, 2.75) is 26.7 Å². The minimum Gasteiger partial charge on any atom is -0.464 e. The molecule has 2 aromatic rings. The zero-order valence-electron chi connectivity index (χ0n) is 15.0. The number of esters is 1. The molecule has 1 aromatic carbocycles. The molecule has 6 nitrogen and oxygen atoms in total. The van der Waals surface area contributed by atoms with Crippen LogP contribution in [0.25, 0.3) is 10.9 Å². The van der Waals surface area contributed by atoms with Gasteiger partial charge in [0.2, 0.25) is 5.91 Å². The van der Waals surface area contributed by atoms with E-state index in [2.05, 4.69) is 22.1 Å². The van der Waals surface area contributed by atoms with E-state index in [-0.39, 0.29) is 11.6 Å². The molecule has 1 aromatic heterocycles. The molecule has 6 heteroatoms. The van der Waals surface area contributed by atoms with Crippen LogP contribution in [0.5, 0.6) is 0 Å². The van der Waals surface area contributed by atoms with E-state index in [4.69, 9.17) is 4.74 Å². The second kappa shape index (κ2) is 7.27. The van der Waals surface area contributed by atoms with Gasteiger partial charge < -0.3 is 15.0 Å². The number of rotatable bonds is 4. The first-order chi connectivity index (χ1) is 12.0. The van der Waals surface area contributed by atoms with Crippen LogP contribution in [0.1, 0.15) is 35.8 Å². The van der Waals surface area contributed by atoms with Crippen molar-refractivity contribution < 1.29 is 14.3 Å². The van der Waals surface area contributed by atoms with Gasteiger partial charge in [0.15, 0.2) is 0 Å². The third kappa shape index (κ3) is 3.85. The third-order valence-corrected chi connectivity index (χ3v) is 4.72. The minimum absolute atomic E-state index is 0.110. The lowest BCUT2D eigenvalue weighted by Gasteiger charge is -2.30. The number of fused-ring (bicyclic) bond motifs is 1. The molecule has 134 valence electrons. The molecule has 2 N–H and O–H groups in total. The number of amides is 1. The summed E-state index contributed by atoms with van der Waals surface area (Å²) in [4.78, 5) is 29.9. The van der Waals surface area contributed by atoms with Crippen LogP contribution < -0.4 is 5.32 Å². The summed E-state index contributed by atoms with van der Waals surface area (Å²) in [5, 5.41) is 3.75. The Balaban J connectivity index is 1.84. The predicted molar refractivity (Wildman–Crippen MR) is 97.8 cm³/mol. The van der Waals surface area contributed by atoms with Crippen molar-refractivity contribution in [3.8, 4) is 0 Å². The molecule has 3 rings (SSSR count). The summed E-state index contributed by atoms with van der Waals surface area (Å²) >= 11 is 0. The van der Waals surface area contributed by atoms with Gasteiger partial charge in [-0.05, 0) is 44.4 Å². The summed E-state index contributed by atoms with van der Waals surface area (Å²) in [5.74, 6) is 0.0142. The normalized spacial score (nSPS) is 18.3. The van der Waals surface area contributed by atoms with Crippen molar-refractivity contribution in [2.24, 2.45) is 5.92 Å². The van der Waals surface area contributed by atoms with Crippen LogP contribution in [0.15, 0.2) is 18.2 Å². The van der Waals surface area contributed by atoms with Gasteiger partial charge in [0.25, 0.3) is 0 Å². The van der Waals surface area contributed by atoms with E-state index in [0.29, 0.717) is 18.2 Å². The van der Waals surface area contributed by atoms with Gasteiger partial charge in [-0.3, -0.25) is 9.69 Å². The Kier molecular flexibility index (Phi) is 5.08. The van der Waals surface area contributed by atoms with Crippen molar-refractivity contribution in [1.29, 1.82) is 0 Å². The molecule has 25 heavy (non-hydrogen) atoms. The summed E-state index contributed by atoms with van der Waals surface area (Å²) in [6, 6.07) is 5.82. The van der Waals surface area contributed by atoms with E-state index in [9.17, 15) is 9.59 Å². The van der Waals surface area contributed by atoms with Gasteiger partial charge in [0.1, 0.15) is 5.69 Å². The molecule has 0 unspecified atom stereocenters. The first-order valence-corrected chi connectivity index (χ1v) is 8.70. The van der Waals surface area contributed by atoms with Crippen LogP contribution in [-0.2, 0) is 9.53 Å². The summed E-state index contributed by atoms with van der Waals surface area (Å²) in [6.07, 6.45) is 2.33. The standard InChI is InChI=1S/C19H25N3O3/c1-12-6-7-15-14(9-12)17(18(20-15)19(24)25-3)21-16(23)11-22-8-4-5-13(2)10-22/h6-7,9,13,20H,4-5,8,10-11H2,1-3H3,(H,21,23)/t13-/m1/s1. The second-order valence-electron chi connectivity index (χ2n) is 6.95. The van der Waals surface area contributed by atoms with Gasteiger partial charge in [-0.25, -0.2) is 4.79 Å². The number of hydrogen-bond donors (Lipinski definition) is 2. The fourth-order valence-electron chi connectivity index (χ4n) is 3.50. The number of H-pyrrole nitrogens is 1. The zero-order valence-corrected chi connectivity index (χ0v) is 15.0. The maximum Gasteiger partial charge on any atom is 0.356 e. The summed E-state index contributed by atoms with van der Waals surface area (Å²) in [7, 11) is 1.33. The molecule has 1 saturated heterocycles. The molecule has 0 radical (unpaired) electrons. The quantitative estimate of drug-likeness (QED) is 0.837. The SMILES string of the molecule is COC(=O)c1[nH]c2ccc(C)cc2c1NC(=O)CN1CCC[C@@H](C)C1. The third-order valence-electron chi connectivity index (χ3n) is 4.72. The molecular weight excluding hydrogens is 318 g/mol. The Hall–Kier alpha value is -2.34. The van der Waals surface area contributed by atoms with Crippen molar-refractivity contribution in [3.63, 3.8) is 0 Å². The number of benzene rings is 1. The number of aromatic nitrogens is 1. The Morgan fingerprint density at radius 2 is 2.20 bits per heavy atom. The molecule has 1 fully saturated rings. The molecule has 1 atom stereocenters. The molecule has 0 saturated carbocycles. The maximum atomic E-state index is 12.6. The Morgan fingerprint density at radius 1 is 1.40 bits per heavy atom. The highest BCUT2D eigenvalue weighted by Crippen LogP contribution is 2.29. The van der Waals surface area contributed by atoms with Crippen LogP contribution in [0.2, 0.25) is 0 Å². The first kappa shape index (κ1) is 17.5. The fourth-order valence-corrected chi connectivity index (χ4v) is 3.50. The number of hydrogen-bond acceptors (Lipinski definition) is 4. The number of methoxy groups -OCH3 is 1. The van der Waals surface area contributed by atoms with E-state index < -0.39 is 5.97 Å². The number of nitrogens with zero attached hydrogens (tertiary/aromatic N) is 1. The maximum absolute atomic E-state index is 12.6. The Labute approximate surface area is 147 Å². The van der Waals surface area contributed by atoms with E-state index in [1.807, 2.05) is 25.1 Å². The van der Waals surface area contributed by atoms with Crippen molar-refractivity contribution in [3.05, 3.63) is 29.5 Å². The van der Waals surface area contributed by atoms with Gasteiger partial charge in [0, 0.05) is 17.4 Å². The van der Waals surface area contributed by atoms with Crippen molar-refractivity contribution in [2.75, 3.05) is 32.1 Å². The van der Waals surface area contributed by atoms with Crippen molar-refractivity contribution >= 4 is 28.5 Å². The fraction of sp³-hybridized carbons (Fsp3) is 0.474. The number of piperidine rings is 1. The summed E-state index contributed by atoms with van der Waals surface area (Å²) in [6.45, 7) is 6.40. The average molecular weight is 343 g/mol. The highest BCUT2D eigenvalue weighted by molar-refractivity contribution is 6.11. The van der Waals surface area contributed by atoms with E-state index in [1.54, 1.807) is 0 Å². The number of carbonyl (C=O) groups excluding carboxylic acids is 2. The van der Waals surface area contributed by atoms with Gasteiger partial charge in [-0.15, -0.1) is 0 Å². The number of aromatic amines is 1. The Bertz CT molecular complexity index is 797. The number of anilines is 1. The molecule has 0 aliphatic carbocycles. The smallest absolute Gasteiger partial charge is 0.356 e. The van der Waals surface area contributed by atoms with Crippen LogP contribution >= 0.6 is 0 Å². The second-order valence-corrected chi connectivity index (χ2v) is 6.95. The van der Waals surface area contributed by atoms with Crippen LogP contribution in [0.4, 0.5) is 5.69 Å². The van der Waals surface area contributed by atoms with Gasteiger partial charge in [-0.1, -0.05) is 18.6 Å². The lowest BCUT2D eigenvalue weighted by molar-refractivity contribution is -0.117. The van der Waals surface area contributed by atoms with Crippen LogP contribution in [-0.4, -0.2) is 48.5 Å². The number of carbonyl (C=O) groups is 2. The van der Waals surface area contributed by atoms with Gasteiger partial charge in [-0.2, -0.15) is 0 Å². The molecule has 0 bridgehead atoms. The molecule has 0 spiro atoms. The highest BCUT2D eigenvalue weighted by atomic mass is 16.5. The monoisotopic (exact) mass is 343 g/mol. The number of likely N-dealkylation sites (tertiary alicyclic amines) is 1. The average Bonchev–Trinajstić information content (AvgIpc) is 2.92.